The molecule has 0 aromatic carbocycles. The predicted molar refractivity (Wildman–Crippen MR) is 90.3 cm³/mol. The van der Waals surface area contributed by atoms with E-state index in [1.165, 1.54) is 11.3 Å². The molecule has 2 rings (SSSR count). The summed E-state index contributed by atoms with van der Waals surface area (Å²) in [6.45, 7) is -0.160. The topological polar surface area (TPSA) is 116 Å². The van der Waals surface area contributed by atoms with Gasteiger partial charge in [0.05, 0.1) is 31.5 Å². The van der Waals surface area contributed by atoms with Crippen molar-refractivity contribution in [3.8, 4) is 0 Å². The average Bonchev–Trinajstić information content (AvgIpc) is 3.03. The van der Waals surface area contributed by atoms with Crippen LogP contribution in [0.5, 0.6) is 0 Å². The zero-order valence-corrected chi connectivity index (χ0v) is 13.9. The molecule has 0 bridgehead atoms. The van der Waals surface area contributed by atoms with Crippen LogP contribution < -0.4 is 5.32 Å². The van der Waals surface area contributed by atoms with Gasteiger partial charge in [-0.15, -0.1) is 11.3 Å². The number of hydrogen-bond acceptors (Lipinski definition) is 6. The Balaban J connectivity index is 1.88. The molecule has 7 nitrogen and oxygen atoms in total. The summed E-state index contributed by atoms with van der Waals surface area (Å²) in [5.41, 5.74) is 0.722. The number of rotatable bonds is 7. The number of carbonyl (C=O) groups excluding carboxylic acids is 1. The summed E-state index contributed by atoms with van der Waals surface area (Å²) in [5.74, 6) is -1.84. The molecule has 2 heterocycles. The molecular weight excluding hydrogens is 333 g/mol. The van der Waals surface area contributed by atoms with E-state index < -0.39 is 25.1 Å². The molecule has 0 spiro atoms. The lowest BCUT2D eigenvalue weighted by Crippen LogP contribution is -2.52. The van der Waals surface area contributed by atoms with Crippen molar-refractivity contribution in [3.05, 3.63) is 28.5 Å². The van der Waals surface area contributed by atoms with Crippen molar-refractivity contribution in [2.45, 2.75) is 37.7 Å². The van der Waals surface area contributed by atoms with Gasteiger partial charge in [0.2, 0.25) is 5.91 Å². The molecule has 4 N–H and O–H groups in total. The van der Waals surface area contributed by atoms with E-state index in [4.69, 9.17) is 14.9 Å². The Morgan fingerprint density at radius 2 is 2.25 bits per heavy atom. The number of thiophene rings is 1. The van der Waals surface area contributed by atoms with E-state index in [0.29, 0.717) is 12.8 Å². The molecule has 9 heteroatoms. The van der Waals surface area contributed by atoms with Crippen LogP contribution in [0.3, 0.4) is 0 Å². The second kappa shape index (κ2) is 8.98. The fraction of sp³-hybridized carbons (Fsp3) is 0.467. The Hall–Kier alpha value is -1.68. The van der Waals surface area contributed by atoms with Crippen molar-refractivity contribution in [2.24, 2.45) is 0 Å². The smallest absolute Gasteiger partial charge is 0.478 e. The normalized spacial score (nSPS) is 21.6. The Kier molecular flexibility index (Phi) is 6.98. The van der Waals surface area contributed by atoms with Crippen LogP contribution in [0.1, 0.15) is 30.6 Å². The first-order valence-corrected chi connectivity index (χ1v) is 8.56. The Labute approximate surface area is 144 Å². The van der Waals surface area contributed by atoms with Crippen molar-refractivity contribution < 1.29 is 29.5 Å². The van der Waals surface area contributed by atoms with Crippen LogP contribution >= 0.6 is 11.3 Å². The molecule has 1 aliphatic heterocycles. The number of nitrogens with one attached hydrogen (secondary N) is 1. The highest BCUT2D eigenvalue weighted by molar-refractivity contribution is 7.11. The highest BCUT2D eigenvalue weighted by Gasteiger charge is 2.36. The first-order valence-electron chi connectivity index (χ1n) is 7.68. The molecule has 0 unspecified atom stereocenters. The van der Waals surface area contributed by atoms with Gasteiger partial charge < -0.3 is 25.2 Å². The summed E-state index contributed by atoms with van der Waals surface area (Å²) >= 11 is 1.48. The molecule has 0 aliphatic carbocycles. The van der Waals surface area contributed by atoms with E-state index in [9.17, 15) is 14.6 Å². The zero-order valence-electron chi connectivity index (χ0n) is 13.1. The summed E-state index contributed by atoms with van der Waals surface area (Å²) in [6, 6.07) is 3.74. The summed E-state index contributed by atoms with van der Waals surface area (Å²) in [7, 11) is -1.22. The van der Waals surface area contributed by atoms with Gasteiger partial charge in [-0.05, 0) is 29.9 Å². The lowest BCUT2D eigenvalue weighted by molar-refractivity contribution is -0.139. The lowest BCUT2D eigenvalue weighted by Gasteiger charge is -2.31. The standard InChI is InChI=1S/C15H20BNO6S/c18-6-5-10(12-2-1-7-24-12)8-14(19)17-13-4-3-11(9-15(20)21)23-16(13)22/h1-2,5,7,11,13,18,22H,3-4,6,8-9H2,(H,17,19)(H,20,21)/b10-5-/t11-,13-/m0/s1. The highest BCUT2D eigenvalue weighted by atomic mass is 32.1. The Morgan fingerprint density at radius 3 is 2.83 bits per heavy atom. The number of carbonyl (C=O) groups is 2. The molecular formula is C15H20BNO6S. The number of aliphatic hydroxyl groups excluding tert-OH is 1. The van der Waals surface area contributed by atoms with E-state index in [1.54, 1.807) is 6.08 Å². The minimum Gasteiger partial charge on any atom is -0.481 e. The number of amides is 1. The molecule has 0 saturated carbocycles. The number of carboxylic acid groups (broad SMARTS) is 1. The molecule has 2 atom stereocenters. The summed E-state index contributed by atoms with van der Waals surface area (Å²) in [4.78, 5) is 23.8. The monoisotopic (exact) mass is 353 g/mol. The van der Waals surface area contributed by atoms with E-state index >= 15 is 0 Å². The predicted octanol–water partition coefficient (Wildman–Crippen LogP) is 0.672. The number of carboxylic acids is 1. The molecule has 1 aromatic heterocycles. The van der Waals surface area contributed by atoms with Crippen molar-refractivity contribution >= 4 is 35.9 Å². The van der Waals surface area contributed by atoms with Gasteiger partial charge in [-0.25, -0.2) is 0 Å². The van der Waals surface area contributed by atoms with E-state index in [0.717, 1.165) is 10.5 Å². The van der Waals surface area contributed by atoms with Crippen LogP contribution in [0.4, 0.5) is 0 Å². The Morgan fingerprint density at radius 1 is 1.46 bits per heavy atom. The first kappa shape index (κ1) is 18.7. The molecule has 1 aromatic rings. The number of hydrogen-bond donors (Lipinski definition) is 4. The van der Waals surface area contributed by atoms with Crippen molar-refractivity contribution in [2.75, 3.05) is 6.61 Å². The molecule has 1 amide bonds. The van der Waals surface area contributed by atoms with Crippen molar-refractivity contribution in [3.63, 3.8) is 0 Å². The van der Waals surface area contributed by atoms with Gasteiger partial charge in [-0.3, -0.25) is 9.59 Å². The SMILES string of the molecule is O=C(O)C[C@@H]1CC[C@H](NC(=O)C/C(=C/CO)c2cccs2)B(O)O1. The maximum absolute atomic E-state index is 12.2. The largest absolute Gasteiger partial charge is 0.481 e. The second-order valence-corrected chi connectivity index (χ2v) is 6.51. The van der Waals surface area contributed by atoms with E-state index in [2.05, 4.69) is 5.32 Å². The summed E-state index contributed by atoms with van der Waals surface area (Å²) < 4.78 is 5.24. The number of aliphatic hydroxyl groups is 1. The molecule has 24 heavy (non-hydrogen) atoms. The molecule has 1 aliphatic rings. The third-order valence-electron chi connectivity index (χ3n) is 3.75. The van der Waals surface area contributed by atoms with E-state index in [-0.39, 0.29) is 25.4 Å². The molecule has 1 fully saturated rings. The van der Waals surface area contributed by atoms with Gasteiger partial charge in [0, 0.05) is 4.88 Å². The quantitative estimate of drug-likeness (QED) is 0.536. The van der Waals surface area contributed by atoms with Gasteiger partial charge in [-0.2, -0.15) is 0 Å². The minimum absolute atomic E-state index is 0.0862. The van der Waals surface area contributed by atoms with Crippen molar-refractivity contribution in [1.82, 2.24) is 5.32 Å². The first-order chi connectivity index (χ1) is 11.5. The Bertz CT molecular complexity index is 591. The van der Waals surface area contributed by atoms with Crippen molar-refractivity contribution in [1.29, 1.82) is 0 Å². The van der Waals surface area contributed by atoms with Gasteiger partial charge in [-0.1, -0.05) is 12.1 Å². The van der Waals surface area contributed by atoms with E-state index in [1.807, 2.05) is 17.5 Å². The van der Waals surface area contributed by atoms with Crippen LogP contribution in [-0.4, -0.2) is 52.9 Å². The third-order valence-corrected chi connectivity index (χ3v) is 4.70. The van der Waals surface area contributed by atoms with Crippen LogP contribution in [0.15, 0.2) is 23.6 Å². The van der Waals surface area contributed by atoms with Gasteiger partial charge >= 0.3 is 13.1 Å². The minimum atomic E-state index is -1.22. The fourth-order valence-electron chi connectivity index (χ4n) is 2.62. The number of aliphatic carboxylic acids is 1. The summed E-state index contributed by atoms with van der Waals surface area (Å²) in [6.07, 6.45) is 1.87. The van der Waals surface area contributed by atoms with Crippen LogP contribution in [-0.2, 0) is 14.2 Å². The molecule has 0 radical (unpaired) electrons. The second-order valence-electron chi connectivity index (χ2n) is 5.56. The average molecular weight is 353 g/mol. The molecule has 1 saturated heterocycles. The maximum atomic E-state index is 12.2. The van der Waals surface area contributed by atoms with Gasteiger partial charge in [0.1, 0.15) is 0 Å². The van der Waals surface area contributed by atoms with Gasteiger partial charge in [0.15, 0.2) is 0 Å². The molecule has 130 valence electrons. The zero-order chi connectivity index (χ0) is 17.5. The third kappa shape index (κ3) is 5.45. The van der Waals surface area contributed by atoms with Gasteiger partial charge in [0.25, 0.3) is 0 Å². The fourth-order valence-corrected chi connectivity index (χ4v) is 3.39. The van der Waals surface area contributed by atoms with Crippen LogP contribution in [0.25, 0.3) is 5.57 Å². The maximum Gasteiger partial charge on any atom is 0.478 e. The highest BCUT2D eigenvalue weighted by Crippen LogP contribution is 2.24. The lowest BCUT2D eigenvalue weighted by atomic mass is 9.72. The van der Waals surface area contributed by atoms with Crippen LogP contribution in [0.2, 0.25) is 0 Å². The summed E-state index contributed by atoms with van der Waals surface area (Å²) in [5, 5.41) is 32.4. The van der Waals surface area contributed by atoms with Crippen LogP contribution in [0, 0.1) is 0 Å².